The summed E-state index contributed by atoms with van der Waals surface area (Å²) in [6.45, 7) is 1.37. The summed E-state index contributed by atoms with van der Waals surface area (Å²) < 4.78 is 66.7. The lowest BCUT2D eigenvalue weighted by atomic mass is 10.3. The smallest absolute Gasteiger partial charge is 0.471 e. The molecule has 0 aliphatic rings. The molecule has 0 unspecified atom stereocenters. The zero-order valence-electron chi connectivity index (χ0n) is 11.6. The van der Waals surface area contributed by atoms with Gasteiger partial charge < -0.3 is 10.1 Å². The van der Waals surface area contributed by atoms with Crippen LogP contribution in [0.2, 0.25) is 0 Å². The van der Waals surface area contributed by atoms with E-state index in [-0.39, 0.29) is 11.4 Å². The third-order valence-electron chi connectivity index (χ3n) is 2.41. The molecule has 0 fully saturated rings. The van der Waals surface area contributed by atoms with Gasteiger partial charge in [-0.05, 0) is 31.2 Å². The number of benzene rings is 1. The molecule has 1 aromatic carbocycles. The minimum Gasteiger partial charge on any atom is -0.494 e. The second-order valence-electron chi connectivity index (χ2n) is 4.06. The highest BCUT2D eigenvalue weighted by Gasteiger charge is 2.38. The molecule has 124 valence electrons. The van der Waals surface area contributed by atoms with Crippen LogP contribution >= 0.6 is 0 Å². The van der Waals surface area contributed by atoms with E-state index < -0.39 is 28.7 Å². The van der Waals surface area contributed by atoms with Crippen molar-refractivity contribution in [3.8, 4) is 5.75 Å². The van der Waals surface area contributed by atoms with Crippen LogP contribution in [0.3, 0.4) is 0 Å². The zero-order chi connectivity index (χ0) is 16.8. The Morgan fingerprint density at radius 2 is 1.77 bits per heavy atom. The SMILES string of the molecule is CCOc1ccc(S(=O)(=O)NCCNC(=O)C(F)(F)F)cc1. The first kappa shape index (κ1) is 18.2. The maximum atomic E-state index is 11.9. The maximum absolute atomic E-state index is 11.9. The van der Waals surface area contributed by atoms with E-state index in [1.54, 1.807) is 12.2 Å². The summed E-state index contributed by atoms with van der Waals surface area (Å²) >= 11 is 0. The van der Waals surface area contributed by atoms with Crippen molar-refractivity contribution in [2.75, 3.05) is 19.7 Å². The van der Waals surface area contributed by atoms with Crippen LogP contribution in [0.5, 0.6) is 5.75 Å². The van der Waals surface area contributed by atoms with Crippen LogP contribution in [0.25, 0.3) is 0 Å². The number of rotatable bonds is 7. The van der Waals surface area contributed by atoms with Crippen molar-refractivity contribution in [2.24, 2.45) is 0 Å². The van der Waals surface area contributed by atoms with Crippen LogP contribution in [-0.4, -0.2) is 40.2 Å². The van der Waals surface area contributed by atoms with Gasteiger partial charge in [0.25, 0.3) is 0 Å². The molecule has 10 heteroatoms. The summed E-state index contributed by atoms with van der Waals surface area (Å²) in [4.78, 5) is 10.5. The number of carbonyl (C=O) groups is 1. The molecule has 1 amide bonds. The molecule has 0 aliphatic heterocycles. The molecule has 0 saturated carbocycles. The number of alkyl halides is 3. The average molecular weight is 340 g/mol. The van der Waals surface area contributed by atoms with E-state index in [4.69, 9.17) is 4.74 Å². The van der Waals surface area contributed by atoms with Gasteiger partial charge in [-0.25, -0.2) is 13.1 Å². The molecule has 1 rings (SSSR count). The number of sulfonamides is 1. The third-order valence-corrected chi connectivity index (χ3v) is 3.88. The predicted octanol–water partition coefficient (Wildman–Crippen LogP) is 1.04. The van der Waals surface area contributed by atoms with E-state index in [1.807, 2.05) is 0 Å². The van der Waals surface area contributed by atoms with Crippen molar-refractivity contribution >= 4 is 15.9 Å². The largest absolute Gasteiger partial charge is 0.494 e. The molecule has 22 heavy (non-hydrogen) atoms. The highest BCUT2D eigenvalue weighted by molar-refractivity contribution is 7.89. The Morgan fingerprint density at radius 3 is 2.27 bits per heavy atom. The van der Waals surface area contributed by atoms with E-state index in [9.17, 15) is 26.4 Å². The molecule has 0 aromatic heterocycles. The number of nitrogens with one attached hydrogen (secondary N) is 2. The Labute approximate surface area is 125 Å². The first-order valence-electron chi connectivity index (χ1n) is 6.24. The van der Waals surface area contributed by atoms with Crippen LogP contribution in [-0.2, 0) is 14.8 Å². The van der Waals surface area contributed by atoms with E-state index in [0.29, 0.717) is 12.4 Å². The Kier molecular flexibility index (Phi) is 6.18. The molecular formula is C12H15F3N2O4S. The molecule has 1 aromatic rings. The minimum atomic E-state index is -4.99. The summed E-state index contributed by atoms with van der Waals surface area (Å²) in [6.07, 6.45) is -4.99. The van der Waals surface area contributed by atoms with E-state index in [0.717, 1.165) is 0 Å². The van der Waals surface area contributed by atoms with Crippen LogP contribution in [0.1, 0.15) is 6.92 Å². The predicted molar refractivity (Wildman–Crippen MR) is 71.9 cm³/mol. The number of hydrogen-bond acceptors (Lipinski definition) is 4. The highest BCUT2D eigenvalue weighted by atomic mass is 32.2. The molecule has 2 N–H and O–H groups in total. The fraction of sp³-hybridized carbons (Fsp3) is 0.417. The topological polar surface area (TPSA) is 84.5 Å². The Morgan fingerprint density at radius 1 is 1.18 bits per heavy atom. The first-order chi connectivity index (χ1) is 10.2. The lowest BCUT2D eigenvalue weighted by molar-refractivity contribution is -0.173. The quantitative estimate of drug-likeness (QED) is 0.727. The normalized spacial score (nSPS) is 12.0. The molecule has 0 saturated heterocycles. The molecule has 0 aliphatic carbocycles. The first-order valence-corrected chi connectivity index (χ1v) is 7.72. The molecule has 0 heterocycles. The standard InChI is InChI=1S/C12H15F3N2O4S/c1-2-21-9-3-5-10(6-4-9)22(19,20)17-8-7-16-11(18)12(13,14)15/h3-6,17H,2,7-8H2,1H3,(H,16,18). The summed E-state index contributed by atoms with van der Waals surface area (Å²) in [6, 6.07) is 5.54. The lowest BCUT2D eigenvalue weighted by Crippen LogP contribution is -2.41. The van der Waals surface area contributed by atoms with Crippen LogP contribution in [0.4, 0.5) is 13.2 Å². The van der Waals surface area contributed by atoms with E-state index in [1.165, 1.54) is 24.3 Å². The van der Waals surface area contributed by atoms with E-state index >= 15 is 0 Å². The lowest BCUT2D eigenvalue weighted by Gasteiger charge is -2.10. The second-order valence-corrected chi connectivity index (χ2v) is 5.82. The molecule has 0 atom stereocenters. The van der Waals surface area contributed by atoms with Crippen LogP contribution < -0.4 is 14.8 Å². The summed E-state index contributed by atoms with van der Waals surface area (Å²) in [5, 5.41) is 1.56. The Bertz CT molecular complexity index is 600. The highest BCUT2D eigenvalue weighted by Crippen LogP contribution is 2.16. The van der Waals surface area contributed by atoms with Gasteiger partial charge in [-0.2, -0.15) is 13.2 Å². The Balaban J connectivity index is 2.52. The van der Waals surface area contributed by atoms with E-state index in [2.05, 4.69) is 4.72 Å². The van der Waals surface area contributed by atoms with Gasteiger partial charge in [0, 0.05) is 13.1 Å². The fourth-order valence-electron chi connectivity index (χ4n) is 1.43. The van der Waals surface area contributed by atoms with Crippen molar-refractivity contribution < 1.29 is 31.1 Å². The molecule has 0 bridgehead atoms. The summed E-state index contributed by atoms with van der Waals surface area (Å²) in [5.41, 5.74) is 0. The van der Waals surface area contributed by atoms with Crippen molar-refractivity contribution in [3.63, 3.8) is 0 Å². The van der Waals surface area contributed by atoms with Crippen molar-refractivity contribution in [1.29, 1.82) is 0 Å². The second kappa shape index (κ2) is 7.45. The molecule has 0 radical (unpaired) electrons. The number of ether oxygens (including phenoxy) is 1. The summed E-state index contributed by atoms with van der Waals surface area (Å²) in [5.74, 6) is -1.62. The van der Waals surface area contributed by atoms with Crippen LogP contribution in [0.15, 0.2) is 29.2 Å². The van der Waals surface area contributed by atoms with Crippen molar-refractivity contribution in [2.45, 2.75) is 18.0 Å². The van der Waals surface area contributed by atoms with Gasteiger partial charge >= 0.3 is 12.1 Å². The van der Waals surface area contributed by atoms with Gasteiger partial charge in [-0.3, -0.25) is 4.79 Å². The summed E-state index contributed by atoms with van der Waals surface area (Å²) in [7, 11) is -3.86. The average Bonchev–Trinajstić information content (AvgIpc) is 2.43. The number of hydrogen-bond donors (Lipinski definition) is 2. The number of amides is 1. The van der Waals surface area contributed by atoms with Gasteiger partial charge in [0.1, 0.15) is 5.75 Å². The van der Waals surface area contributed by atoms with Crippen LogP contribution in [0, 0.1) is 0 Å². The van der Waals surface area contributed by atoms with Crippen molar-refractivity contribution in [3.05, 3.63) is 24.3 Å². The van der Waals surface area contributed by atoms with Gasteiger partial charge in [0.2, 0.25) is 10.0 Å². The third kappa shape index (κ3) is 5.53. The number of halogens is 3. The monoisotopic (exact) mass is 340 g/mol. The molecular weight excluding hydrogens is 325 g/mol. The van der Waals surface area contributed by atoms with Gasteiger partial charge in [-0.1, -0.05) is 0 Å². The van der Waals surface area contributed by atoms with Crippen molar-refractivity contribution in [1.82, 2.24) is 10.0 Å². The molecule has 6 nitrogen and oxygen atoms in total. The Hall–Kier alpha value is -1.81. The molecule has 0 spiro atoms. The maximum Gasteiger partial charge on any atom is 0.471 e. The van der Waals surface area contributed by atoms with Gasteiger partial charge in [-0.15, -0.1) is 0 Å². The van der Waals surface area contributed by atoms with Gasteiger partial charge in [0.15, 0.2) is 0 Å². The zero-order valence-corrected chi connectivity index (χ0v) is 12.4. The fourth-order valence-corrected chi connectivity index (χ4v) is 2.46. The van der Waals surface area contributed by atoms with Gasteiger partial charge in [0.05, 0.1) is 11.5 Å². The number of carbonyl (C=O) groups excluding carboxylic acids is 1. The minimum absolute atomic E-state index is 0.0573.